The summed E-state index contributed by atoms with van der Waals surface area (Å²) in [7, 11) is 0. The van der Waals surface area contributed by atoms with Crippen molar-refractivity contribution in [1.82, 2.24) is 20.5 Å². The molecule has 15 heavy (non-hydrogen) atoms. The molecule has 2 rings (SSSR count). The van der Waals surface area contributed by atoms with Crippen LogP contribution in [0.5, 0.6) is 5.75 Å². The molecule has 0 bridgehead atoms. The summed E-state index contributed by atoms with van der Waals surface area (Å²) in [6, 6.07) is 7.10. The first-order valence-electron chi connectivity index (χ1n) is 4.67. The fourth-order valence-electron chi connectivity index (χ4n) is 1.26. The number of phenolic OH excluding ortho intramolecular Hbond substituents is 1. The number of nitrogens with zero attached hydrogens (tertiary/aromatic N) is 2. The van der Waals surface area contributed by atoms with Crippen LogP contribution in [-0.4, -0.2) is 20.3 Å². The first kappa shape index (κ1) is 9.67. The second-order valence-electron chi connectivity index (χ2n) is 3.20. The van der Waals surface area contributed by atoms with Gasteiger partial charge in [-0.1, -0.05) is 12.1 Å². The summed E-state index contributed by atoms with van der Waals surface area (Å²) in [5.74, 6) is 1.10. The number of H-pyrrole nitrogens is 1. The fraction of sp³-hybridized carbons (Fsp3) is 0.200. The highest BCUT2D eigenvalue weighted by molar-refractivity contribution is 5.25. The third kappa shape index (κ3) is 2.78. The number of aromatic hydroxyl groups is 1. The Labute approximate surface area is 87.2 Å². The number of aromatic nitrogens is 3. The molecule has 0 atom stereocenters. The molecule has 1 aromatic heterocycles. The molecule has 0 saturated carbocycles. The summed E-state index contributed by atoms with van der Waals surface area (Å²) in [4.78, 5) is 3.99. The van der Waals surface area contributed by atoms with Crippen molar-refractivity contribution in [3.8, 4) is 5.75 Å². The number of nitrogens with one attached hydrogen (secondary N) is 2. The molecular formula is C10H12N4O. The summed E-state index contributed by atoms with van der Waals surface area (Å²) in [5.41, 5.74) is 1.12. The van der Waals surface area contributed by atoms with Crippen LogP contribution in [0.4, 0.5) is 0 Å². The van der Waals surface area contributed by atoms with Gasteiger partial charge in [0, 0.05) is 6.54 Å². The lowest BCUT2D eigenvalue weighted by molar-refractivity contribution is 0.475. The molecule has 3 N–H and O–H groups in total. The second kappa shape index (κ2) is 4.56. The van der Waals surface area contributed by atoms with Crippen LogP contribution in [-0.2, 0) is 13.1 Å². The van der Waals surface area contributed by atoms with Crippen molar-refractivity contribution in [3.63, 3.8) is 0 Å². The lowest BCUT2D eigenvalue weighted by Crippen LogP contribution is -2.13. The Bertz CT molecular complexity index is 396. The number of hydrogen-bond donors (Lipinski definition) is 3. The molecule has 0 saturated heterocycles. The van der Waals surface area contributed by atoms with Crippen molar-refractivity contribution in [1.29, 1.82) is 0 Å². The van der Waals surface area contributed by atoms with Crippen LogP contribution in [0.3, 0.4) is 0 Å². The predicted molar refractivity (Wildman–Crippen MR) is 55.0 cm³/mol. The molecule has 0 amide bonds. The summed E-state index contributed by atoms with van der Waals surface area (Å²) >= 11 is 0. The van der Waals surface area contributed by atoms with E-state index in [4.69, 9.17) is 5.11 Å². The Kier molecular flexibility index (Phi) is 2.94. The predicted octanol–water partition coefficient (Wildman–Crippen LogP) is 0.800. The maximum Gasteiger partial charge on any atom is 0.138 e. The Balaban J connectivity index is 1.81. The van der Waals surface area contributed by atoms with Crippen LogP contribution in [0.1, 0.15) is 11.4 Å². The zero-order chi connectivity index (χ0) is 10.5. The van der Waals surface area contributed by atoms with Gasteiger partial charge >= 0.3 is 0 Å². The van der Waals surface area contributed by atoms with Gasteiger partial charge in [0.1, 0.15) is 17.9 Å². The lowest BCUT2D eigenvalue weighted by Gasteiger charge is -2.02. The summed E-state index contributed by atoms with van der Waals surface area (Å²) in [6.45, 7) is 1.39. The summed E-state index contributed by atoms with van der Waals surface area (Å²) < 4.78 is 0. The lowest BCUT2D eigenvalue weighted by atomic mass is 10.2. The Hall–Kier alpha value is -1.88. The molecular weight excluding hydrogens is 192 g/mol. The van der Waals surface area contributed by atoms with Crippen molar-refractivity contribution < 1.29 is 5.11 Å². The highest BCUT2D eigenvalue weighted by Crippen LogP contribution is 2.09. The van der Waals surface area contributed by atoms with Gasteiger partial charge in [-0.3, -0.25) is 5.10 Å². The molecule has 1 heterocycles. The van der Waals surface area contributed by atoms with Gasteiger partial charge in [0.15, 0.2) is 0 Å². The summed E-state index contributed by atoms with van der Waals surface area (Å²) in [5, 5.41) is 18.8. The van der Waals surface area contributed by atoms with Gasteiger partial charge in [-0.25, -0.2) is 4.98 Å². The van der Waals surface area contributed by atoms with E-state index in [-0.39, 0.29) is 5.75 Å². The fourth-order valence-corrected chi connectivity index (χ4v) is 1.26. The topological polar surface area (TPSA) is 73.8 Å². The normalized spacial score (nSPS) is 10.4. The third-order valence-electron chi connectivity index (χ3n) is 2.02. The van der Waals surface area contributed by atoms with E-state index >= 15 is 0 Å². The van der Waals surface area contributed by atoms with E-state index in [1.807, 2.05) is 12.1 Å². The van der Waals surface area contributed by atoms with E-state index in [9.17, 15) is 0 Å². The van der Waals surface area contributed by atoms with E-state index in [2.05, 4.69) is 20.5 Å². The van der Waals surface area contributed by atoms with Crippen LogP contribution in [0.2, 0.25) is 0 Å². The van der Waals surface area contributed by atoms with Gasteiger partial charge in [-0.05, 0) is 17.7 Å². The largest absolute Gasteiger partial charge is 0.508 e. The van der Waals surface area contributed by atoms with Gasteiger partial charge in [0.2, 0.25) is 0 Å². The monoisotopic (exact) mass is 204 g/mol. The number of benzene rings is 1. The van der Waals surface area contributed by atoms with Gasteiger partial charge in [-0.2, -0.15) is 5.10 Å². The Morgan fingerprint density at radius 3 is 2.67 bits per heavy atom. The second-order valence-corrected chi connectivity index (χ2v) is 3.20. The smallest absolute Gasteiger partial charge is 0.138 e. The number of hydrogen-bond acceptors (Lipinski definition) is 4. The van der Waals surface area contributed by atoms with Crippen molar-refractivity contribution in [2.45, 2.75) is 13.1 Å². The SMILES string of the molecule is Oc1ccc(CNCc2ncn[nH]2)cc1. The minimum Gasteiger partial charge on any atom is -0.508 e. The van der Waals surface area contributed by atoms with E-state index < -0.39 is 0 Å². The van der Waals surface area contributed by atoms with Gasteiger partial charge in [-0.15, -0.1) is 0 Å². The molecule has 1 aromatic carbocycles. The zero-order valence-corrected chi connectivity index (χ0v) is 8.14. The maximum absolute atomic E-state index is 9.09. The molecule has 5 nitrogen and oxygen atoms in total. The van der Waals surface area contributed by atoms with Crippen LogP contribution in [0, 0.1) is 0 Å². The summed E-state index contributed by atoms with van der Waals surface area (Å²) in [6.07, 6.45) is 1.48. The first-order valence-corrected chi connectivity index (χ1v) is 4.67. The minimum absolute atomic E-state index is 0.286. The molecule has 78 valence electrons. The molecule has 0 spiro atoms. The molecule has 0 radical (unpaired) electrons. The van der Waals surface area contributed by atoms with Gasteiger partial charge in [0.05, 0.1) is 6.54 Å². The number of phenols is 1. The Morgan fingerprint density at radius 1 is 1.20 bits per heavy atom. The van der Waals surface area contributed by atoms with E-state index in [0.29, 0.717) is 6.54 Å². The van der Waals surface area contributed by atoms with Crippen molar-refractivity contribution in [2.24, 2.45) is 0 Å². The quantitative estimate of drug-likeness (QED) is 0.688. The molecule has 2 aromatic rings. The first-order chi connectivity index (χ1) is 7.34. The molecule has 5 heteroatoms. The average molecular weight is 204 g/mol. The van der Waals surface area contributed by atoms with Crippen LogP contribution in [0.25, 0.3) is 0 Å². The average Bonchev–Trinajstić information content (AvgIpc) is 2.74. The highest BCUT2D eigenvalue weighted by Gasteiger charge is 1.96. The van der Waals surface area contributed by atoms with E-state index in [1.54, 1.807) is 12.1 Å². The molecule has 0 aliphatic rings. The minimum atomic E-state index is 0.286. The van der Waals surface area contributed by atoms with E-state index in [0.717, 1.165) is 17.9 Å². The molecule has 0 fully saturated rings. The molecule has 0 aliphatic heterocycles. The van der Waals surface area contributed by atoms with Crippen molar-refractivity contribution in [2.75, 3.05) is 0 Å². The van der Waals surface area contributed by atoms with E-state index in [1.165, 1.54) is 6.33 Å². The third-order valence-corrected chi connectivity index (χ3v) is 2.02. The molecule has 0 unspecified atom stereocenters. The van der Waals surface area contributed by atoms with Crippen molar-refractivity contribution >= 4 is 0 Å². The van der Waals surface area contributed by atoms with Crippen molar-refractivity contribution in [3.05, 3.63) is 42.0 Å². The Morgan fingerprint density at radius 2 is 2.00 bits per heavy atom. The number of aromatic amines is 1. The van der Waals surface area contributed by atoms with Gasteiger partial charge in [0.25, 0.3) is 0 Å². The van der Waals surface area contributed by atoms with Crippen LogP contribution >= 0.6 is 0 Å². The molecule has 0 aliphatic carbocycles. The zero-order valence-electron chi connectivity index (χ0n) is 8.14. The number of rotatable bonds is 4. The van der Waals surface area contributed by atoms with Gasteiger partial charge < -0.3 is 10.4 Å². The highest BCUT2D eigenvalue weighted by atomic mass is 16.3. The maximum atomic E-state index is 9.09. The van der Waals surface area contributed by atoms with Crippen LogP contribution < -0.4 is 5.32 Å². The van der Waals surface area contributed by atoms with Crippen LogP contribution in [0.15, 0.2) is 30.6 Å². The standard InChI is InChI=1S/C10H12N4O/c15-9-3-1-8(2-4-9)5-11-6-10-12-7-13-14-10/h1-4,7,11,15H,5-6H2,(H,12,13,14).